The summed E-state index contributed by atoms with van der Waals surface area (Å²) in [5, 5.41) is 13.3. The molecule has 0 aliphatic carbocycles. The van der Waals surface area contributed by atoms with E-state index in [0.29, 0.717) is 13.2 Å². The zero-order valence-corrected chi connectivity index (χ0v) is 10.5. The highest BCUT2D eigenvalue weighted by Crippen LogP contribution is 2.15. The minimum Gasteiger partial charge on any atom is -0.384 e. The predicted octanol–water partition coefficient (Wildman–Crippen LogP) is 0.745. The van der Waals surface area contributed by atoms with Crippen molar-refractivity contribution in [3.05, 3.63) is 21.9 Å². The van der Waals surface area contributed by atoms with E-state index in [9.17, 15) is 4.79 Å². The first-order chi connectivity index (χ1) is 8.27. The van der Waals surface area contributed by atoms with E-state index < -0.39 is 0 Å². The van der Waals surface area contributed by atoms with Crippen molar-refractivity contribution >= 4 is 17.2 Å². The molecular formula is C12H15NO3S. The zero-order valence-electron chi connectivity index (χ0n) is 9.66. The predicted molar refractivity (Wildman–Crippen MR) is 66.6 cm³/mol. The summed E-state index contributed by atoms with van der Waals surface area (Å²) in [6.45, 7) is 2.74. The van der Waals surface area contributed by atoms with Gasteiger partial charge in [-0.05, 0) is 18.4 Å². The van der Waals surface area contributed by atoms with Crippen molar-refractivity contribution in [2.75, 3.05) is 19.8 Å². The SMILES string of the molecule is CCOCC(=O)NCc1sccc1C#CCO. The van der Waals surface area contributed by atoms with E-state index in [1.54, 1.807) is 0 Å². The number of nitrogens with one attached hydrogen (secondary N) is 1. The lowest BCUT2D eigenvalue weighted by molar-refractivity contribution is -0.125. The Labute approximate surface area is 105 Å². The minimum atomic E-state index is -0.161. The third kappa shape index (κ3) is 5.00. The van der Waals surface area contributed by atoms with Crippen molar-refractivity contribution < 1.29 is 14.6 Å². The Morgan fingerprint density at radius 3 is 3.18 bits per heavy atom. The van der Waals surface area contributed by atoms with E-state index in [0.717, 1.165) is 10.4 Å². The van der Waals surface area contributed by atoms with E-state index >= 15 is 0 Å². The average Bonchev–Trinajstić information content (AvgIpc) is 2.78. The summed E-state index contributed by atoms with van der Waals surface area (Å²) in [5.41, 5.74) is 0.848. The Bertz CT molecular complexity index is 417. The van der Waals surface area contributed by atoms with Crippen LogP contribution in [-0.4, -0.2) is 30.8 Å². The molecule has 1 amide bonds. The second-order valence-electron chi connectivity index (χ2n) is 3.13. The molecule has 1 aromatic heterocycles. The standard InChI is InChI=1S/C12H15NO3S/c1-2-16-9-12(15)13-8-11-10(4-3-6-14)5-7-17-11/h5,7,14H,2,6,8-9H2,1H3,(H,13,15). The largest absolute Gasteiger partial charge is 0.384 e. The summed E-state index contributed by atoms with van der Waals surface area (Å²) < 4.78 is 4.99. The number of aliphatic hydroxyl groups excluding tert-OH is 1. The van der Waals surface area contributed by atoms with Gasteiger partial charge in [-0.25, -0.2) is 0 Å². The Morgan fingerprint density at radius 2 is 2.47 bits per heavy atom. The van der Waals surface area contributed by atoms with E-state index in [4.69, 9.17) is 9.84 Å². The van der Waals surface area contributed by atoms with E-state index in [1.165, 1.54) is 11.3 Å². The van der Waals surface area contributed by atoms with Crippen LogP contribution in [0.3, 0.4) is 0 Å². The lowest BCUT2D eigenvalue weighted by Crippen LogP contribution is -2.26. The molecule has 17 heavy (non-hydrogen) atoms. The molecule has 0 spiro atoms. The molecule has 0 saturated heterocycles. The number of hydrogen-bond acceptors (Lipinski definition) is 4. The molecule has 0 aliphatic heterocycles. The second kappa shape index (κ2) is 7.85. The Kier molecular flexibility index (Phi) is 6.33. The molecule has 0 unspecified atom stereocenters. The van der Waals surface area contributed by atoms with Gasteiger partial charge in [-0.1, -0.05) is 11.8 Å². The molecule has 1 rings (SSSR count). The highest BCUT2D eigenvalue weighted by Gasteiger charge is 2.04. The van der Waals surface area contributed by atoms with Gasteiger partial charge in [0.1, 0.15) is 13.2 Å². The van der Waals surface area contributed by atoms with Crippen LogP contribution < -0.4 is 5.32 Å². The maximum absolute atomic E-state index is 11.3. The van der Waals surface area contributed by atoms with Crippen LogP contribution in [0, 0.1) is 11.8 Å². The van der Waals surface area contributed by atoms with Crippen molar-refractivity contribution in [2.24, 2.45) is 0 Å². The van der Waals surface area contributed by atoms with Crippen LogP contribution in [0.25, 0.3) is 0 Å². The monoisotopic (exact) mass is 253 g/mol. The van der Waals surface area contributed by atoms with Crippen LogP contribution >= 0.6 is 11.3 Å². The number of thiophene rings is 1. The van der Waals surface area contributed by atoms with Gasteiger partial charge in [0.2, 0.25) is 5.91 Å². The van der Waals surface area contributed by atoms with Gasteiger partial charge in [0.15, 0.2) is 0 Å². The highest BCUT2D eigenvalue weighted by atomic mass is 32.1. The molecule has 0 bridgehead atoms. The summed E-state index contributed by atoms with van der Waals surface area (Å²) in [7, 11) is 0. The second-order valence-corrected chi connectivity index (χ2v) is 4.13. The summed E-state index contributed by atoms with van der Waals surface area (Å²) in [6.07, 6.45) is 0. The van der Waals surface area contributed by atoms with Crippen LogP contribution in [0.15, 0.2) is 11.4 Å². The molecule has 0 atom stereocenters. The van der Waals surface area contributed by atoms with E-state index in [2.05, 4.69) is 17.2 Å². The fourth-order valence-electron chi connectivity index (χ4n) is 1.15. The van der Waals surface area contributed by atoms with Gasteiger partial charge in [0.05, 0.1) is 6.54 Å². The third-order valence-corrected chi connectivity index (χ3v) is 2.85. The maximum atomic E-state index is 11.3. The van der Waals surface area contributed by atoms with Gasteiger partial charge >= 0.3 is 0 Å². The lowest BCUT2D eigenvalue weighted by Gasteiger charge is -2.04. The summed E-state index contributed by atoms with van der Waals surface area (Å²) in [5.74, 6) is 5.29. The number of amides is 1. The minimum absolute atomic E-state index is 0.0829. The molecule has 0 fully saturated rings. The van der Waals surface area contributed by atoms with Gasteiger partial charge < -0.3 is 15.2 Å². The van der Waals surface area contributed by atoms with Gasteiger partial charge in [-0.2, -0.15) is 0 Å². The Hall–Kier alpha value is -1.35. The van der Waals surface area contributed by atoms with Crippen molar-refractivity contribution in [2.45, 2.75) is 13.5 Å². The first-order valence-corrected chi connectivity index (χ1v) is 6.16. The number of aliphatic hydroxyl groups is 1. The maximum Gasteiger partial charge on any atom is 0.246 e. The van der Waals surface area contributed by atoms with E-state index in [1.807, 2.05) is 18.4 Å². The molecule has 0 aliphatic rings. The van der Waals surface area contributed by atoms with Crippen LogP contribution in [-0.2, 0) is 16.1 Å². The van der Waals surface area contributed by atoms with Crippen LogP contribution in [0.4, 0.5) is 0 Å². The fourth-order valence-corrected chi connectivity index (χ4v) is 1.92. The molecular weight excluding hydrogens is 238 g/mol. The number of rotatable bonds is 5. The topological polar surface area (TPSA) is 58.6 Å². The van der Waals surface area contributed by atoms with Gasteiger partial charge in [-0.3, -0.25) is 4.79 Å². The van der Waals surface area contributed by atoms with Crippen molar-refractivity contribution in [3.63, 3.8) is 0 Å². The first kappa shape index (κ1) is 13.7. The normalized spacial score (nSPS) is 9.53. The number of ether oxygens (including phenoxy) is 1. The molecule has 0 saturated carbocycles. The van der Waals surface area contributed by atoms with Crippen LogP contribution in [0.2, 0.25) is 0 Å². The van der Waals surface area contributed by atoms with E-state index in [-0.39, 0.29) is 19.1 Å². The molecule has 0 aromatic carbocycles. The molecule has 1 heterocycles. The first-order valence-electron chi connectivity index (χ1n) is 5.28. The van der Waals surface area contributed by atoms with Crippen LogP contribution in [0.5, 0.6) is 0 Å². The third-order valence-electron chi connectivity index (χ3n) is 1.93. The highest BCUT2D eigenvalue weighted by molar-refractivity contribution is 7.10. The number of hydrogen-bond donors (Lipinski definition) is 2. The van der Waals surface area contributed by atoms with Crippen molar-refractivity contribution in [1.29, 1.82) is 0 Å². The molecule has 0 radical (unpaired) electrons. The summed E-state index contributed by atoms with van der Waals surface area (Å²) in [4.78, 5) is 12.3. The molecule has 92 valence electrons. The fraction of sp³-hybridized carbons (Fsp3) is 0.417. The quantitative estimate of drug-likeness (QED) is 0.761. The van der Waals surface area contributed by atoms with Gasteiger partial charge in [0, 0.05) is 17.0 Å². The molecule has 1 aromatic rings. The smallest absolute Gasteiger partial charge is 0.246 e. The average molecular weight is 253 g/mol. The van der Waals surface area contributed by atoms with Gasteiger partial charge in [-0.15, -0.1) is 11.3 Å². The molecule has 2 N–H and O–H groups in total. The molecule has 4 nitrogen and oxygen atoms in total. The number of carbonyl (C=O) groups excluding carboxylic acids is 1. The summed E-state index contributed by atoms with van der Waals surface area (Å²) in [6, 6.07) is 1.87. The number of carbonyl (C=O) groups is 1. The van der Waals surface area contributed by atoms with Crippen molar-refractivity contribution in [3.8, 4) is 11.8 Å². The lowest BCUT2D eigenvalue weighted by atomic mass is 10.2. The summed E-state index contributed by atoms with van der Waals surface area (Å²) >= 11 is 1.53. The van der Waals surface area contributed by atoms with Gasteiger partial charge in [0.25, 0.3) is 0 Å². The Morgan fingerprint density at radius 1 is 1.65 bits per heavy atom. The van der Waals surface area contributed by atoms with Crippen molar-refractivity contribution in [1.82, 2.24) is 5.32 Å². The Balaban J connectivity index is 2.46. The zero-order chi connectivity index (χ0) is 12.5. The van der Waals surface area contributed by atoms with Crippen LogP contribution in [0.1, 0.15) is 17.4 Å². The molecule has 5 heteroatoms.